The topological polar surface area (TPSA) is 137 Å². The Balaban J connectivity index is 2.15. The zero-order chi connectivity index (χ0) is 18.4. The van der Waals surface area contributed by atoms with E-state index in [4.69, 9.17) is 20.3 Å². The van der Waals surface area contributed by atoms with Gasteiger partial charge in [-0.3, -0.25) is 4.57 Å². The lowest BCUT2D eigenvalue weighted by Crippen LogP contribution is -2.28. The number of rotatable bonds is 7. The largest absolute Gasteiger partial charge is 0.463 e. The Bertz CT molecular complexity index is 687. The number of ether oxygens (including phenoxy) is 2. The van der Waals surface area contributed by atoms with Gasteiger partial charge >= 0.3 is 11.7 Å². The van der Waals surface area contributed by atoms with E-state index < -0.39 is 30.1 Å². The Kier molecular flexibility index (Phi) is 6.68. The molecule has 0 aromatic carbocycles. The third kappa shape index (κ3) is 4.88. The highest BCUT2D eigenvalue weighted by Crippen LogP contribution is 2.27. The van der Waals surface area contributed by atoms with Crippen molar-refractivity contribution in [3.8, 4) is 0 Å². The van der Waals surface area contributed by atoms with Gasteiger partial charge in [0.1, 0.15) is 18.1 Å². The van der Waals surface area contributed by atoms with E-state index in [1.165, 1.54) is 22.9 Å². The number of carbonyl (C=O) groups is 1. The molecule has 25 heavy (non-hydrogen) atoms. The minimum atomic E-state index is -0.882. The van der Waals surface area contributed by atoms with Gasteiger partial charge in [-0.1, -0.05) is 13.3 Å². The molecule has 1 saturated heterocycles. The van der Waals surface area contributed by atoms with Crippen molar-refractivity contribution >= 4 is 17.9 Å². The van der Waals surface area contributed by atoms with E-state index in [0.29, 0.717) is 12.2 Å². The van der Waals surface area contributed by atoms with Crippen molar-refractivity contribution in [1.82, 2.24) is 9.55 Å². The molecule has 9 heteroatoms. The lowest BCUT2D eigenvalue weighted by Gasteiger charge is -2.15. The number of nitrogen functional groups attached to an aromatic ring is 1. The SMILES string of the molecule is CCCCOC(=O)/C=C/c1cn([C@H]2C[C@H](O)[C@@H](CO)O2)c(=O)nc1N. The first kappa shape index (κ1) is 19.1. The van der Waals surface area contributed by atoms with E-state index in [9.17, 15) is 14.7 Å². The fourth-order valence-corrected chi connectivity index (χ4v) is 2.40. The van der Waals surface area contributed by atoms with Crippen molar-refractivity contribution in [2.75, 3.05) is 18.9 Å². The maximum Gasteiger partial charge on any atom is 0.351 e. The summed E-state index contributed by atoms with van der Waals surface area (Å²) in [5.74, 6) is -0.547. The summed E-state index contributed by atoms with van der Waals surface area (Å²) in [6.07, 6.45) is 3.43. The molecule has 0 saturated carbocycles. The fourth-order valence-electron chi connectivity index (χ4n) is 2.40. The van der Waals surface area contributed by atoms with Gasteiger partial charge in [0.15, 0.2) is 0 Å². The Morgan fingerprint density at radius 3 is 3.00 bits per heavy atom. The van der Waals surface area contributed by atoms with Crippen LogP contribution < -0.4 is 11.4 Å². The molecule has 0 aliphatic carbocycles. The fraction of sp³-hybridized carbons (Fsp3) is 0.562. The minimum absolute atomic E-state index is 0.0314. The van der Waals surface area contributed by atoms with Crippen LogP contribution in [0.5, 0.6) is 0 Å². The van der Waals surface area contributed by atoms with Crippen molar-refractivity contribution in [2.24, 2.45) is 0 Å². The standard InChI is InChI=1S/C16H23N3O6/c1-2-3-6-24-14(22)5-4-10-8-19(16(23)18-15(10)17)13-7-11(21)12(9-20)25-13/h4-5,8,11-13,20-21H,2-3,6-7,9H2,1H3,(H2,17,18,23)/b5-4+/t11-,12+,13+/m0/s1. The average molecular weight is 353 g/mol. The summed E-state index contributed by atoms with van der Waals surface area (Å²) in [5, 5.41) is 18.9. The molecule has 0 amide bonds. The highest BCUT2D eigenvalue weighted by atomic mass is 16.5. The molecule has 1 aromatic heterocycles. The second-order valence-electron chi connectivity index (χ2n) is 5.74. The van der Waals surface area contributed by atoms with Crippen LogP contribution in [0.2, 0.25) is 0 Å². The van der Waals surface area contributed by atoms with Gasteiger partial charge in [0.2, 0.25) is 0 Å². The molecular formula is C16H23N3O6. The lowest BCUT2D eigenvalue weighted by atomic mass is 10.2. The number of carbonyl (C=O) groups excluding carboxylic acids is 1. The van der Waals surface area contributed by atoms with Crippen LogP contribution in [0, 0.1) is 0 Å². The third-order valence-electron chi connectivity index (χ3n) is 3.85. The number of aliphatic hydroxyl groups excluding tert-OH is 2. The summed E-state index contributed by atoms with van der Waals surface area (Å²) in [7, 11) is 0. The zero-order valence-electron chi connectivity index (χ0n) is 14.0. The van der Waals surface area contributed by atoms with Crippen molar-refractivity contribution in [3.63, 3.8) is 0 Å². The van der Waals surface area contributed by atoms with E-state index in [-0.39, 0.29) is 18.8 Å². The number of nitrogens with two attached hydrogens (primary N) is 1. The first-order valence-electron chi connectivity index (χ1n) is 8.14. The number of aliphatic hydroxyl groups is 2. The summed E-state index contributed by atoms with van der Waals surface area (Å²) in [4.78, 5) is 27.3. The summed E-state index contributed by atoms with van der Waals surface area (Å²) in [5.41, 5.74) is 5.42. The van der Waals surface area contributed by atoms with E-state index in [0.717, 1.165) is 12.8 Å². The number of hydrogen-bond acceptors (Lipinski definition) is 8. The van der Waals surface area contributed by atoms with Crippen molar-refractivity contribution in [2.45, 2.75) is 44.6 Å². The lowest BCUT2D eigenvalue weighted by molar-refractivity contribution is -0.137. The molecule has 0 spiro atoms. The first-order chi connectivity index (χ1) is 12.0. The summed E-state index contributed by atoms with van der Waals surface area (Å²) < 4.78 is 11.6. The monoisotopic (exact) mass is 353 g/mol. The number of anilines is 1. The molecule has 1 aliphatic rings. The van der Waals surface area contributed by atoms with Crippen LogP contribution in [0.3, 0.4) is 0 Å². The third-order valence-corrected chi connectivity index (χ3v) is 3.85. The summed E-state index contributed by atoms with van der Waals surface area (Å²) >= 11 is 0. The molecule has 1 aromatic rings. The Morgan fingerprint density at radius 2 is 2.36 bits per heavy atom. The molecule has 138 valence electrons. The van der Waals surface area contributed by atoms with Gasteiger partial charge in [-0.2, -0.15) is 4.98 Å². The van der Waals surface area contributed by atoms with Crippen molar-refractivity contribution in [1.29, 1.82) is 0 Å². The van der Waals surface area contributed by atoms with Crippen molar-refractivity contribution < 1.29 is 24.5 Å². The van der Waals surface area contributed by atoms with Gasteiger partial charge in [0.05, 0.1) is 19.3 Å². The molecule has 0 bridgehead atoms. The van der Waals surface area contributed by atoms with Gasteiger partial charge in [-0.05, 0) is 12.5 Å². The smallest absolute Gasteiger partial charge is 0.351 e. The molecular weight excluding hydrogens is 330 g/mol. The molecule has 1 fully saturated rings. The molecule has 1 aliphatic heterocycles. The second-order valence-corrected chi connectivity index (χ2v) is 5.74. The molecule has 2 rings (SSSR count). The minimum Gasteiger partial charge on any atom is -0.463 e. The van der Waals surface area contributed by atoms with Gasteiger partial charge in [-0.15, -0.1) is 0 Å². The summed E-state index contributed by atoms with van der Waals surface area (Å²) in [6.45, 7) is 1.97. The van der Waals surface area contributed by atoms with Gasteiger partial charge in [0.25, 0.3) is 0 Å². The van der Waals surface area contributed by atoms with Crippen LogP contribution in [0.1, 0.15) is 38.0 Å². The van der Waals surface area contributed by atoms with Crippen LogP contribution in [0.25, 0.3) is 6.08 Å². The van der Waals surface area contributed by atoms with E-state index in [2.05, 4.69) is 4.98 Å². The van der Waals surface area contributed by atoms with Crippen LogP contribution in [0.15, 0.2) is 17.1 Å². The van der Waals surface area contributed by atoms with Gasteiger partial charge in [0, 0.05) is 24.3 Å². The van der Waals surface area contributed by atoms with Crippen LogP contribution in [0.4, 0.5) is 5.82 Å². The predicted molar refractivity (Wildman–Crippen MR) is 89.4 cm³/mol. The second kappa shape index (κ2) is 8.75. The highest BCUT2D eigenvalue weighted by molar-refractivity contribution is 5.87. The number of hydrogen-bond donors (Lipinski definition) is 3. The average Bonchev–Trinajstić information content (AvgIpc) is 2.95. The number of aromatic nitrogens is 2. The molecule has 9 nitrogen and oxygen atoms in total. The number of nitrogens with zero attached hydrogens (tertiary/aromatic N) is 2. The maximum atomic E-state index is 12.0. The highest BCUT2D eigenvalue weighted by Gasteiger charge is 2.35. The van der Waals surface area contributed by atoms with E-state index in [1.54, 1.807) is 0 Å². The van der Waals surface area contributed by atoms with Crippen LogP contribution in [-0.2, 0) is 14.3 Å². The molecule has 3 atom stereocenters. The molecule has 2 heterocycles. The predicted octanol–water partition coefficient (Wildman–Crippen LogP) is -0.177. The van der Waals surface area contributed by atoms with Crippen LogP contribution in [-0.4, -0.2) is 51.2 Å². The van der Waals surface area contributed by atoms with E-state index >= 15 is 0 Å². The quantitative estimate of drug-likeness (QED) is 0.349. The number of unbranched alkanes of at least 4 members (excludes halogenated alkanes) is 1. The Labute approximate surface area is 144 Å². The maximum absolute atomic E-state index is 12.0. The Hall–Kier alpha value is -2.23. The van der Waals surface area contributed by atoms with Crippen LogP contribution >= 0.6 is 0 Å². The normalized spacial score (nSPS) is 23.2. The van der Waals surface area contributed by atoms with Crippen molar-refractivity contribution in [3.05, 3.63) is 28.3 Å². The molecule has 0 radical (unpaired) electrons. The molecule has 4 N–H and O–H groups in total. The summed E-state index contributed by atoms with van der Waals surface area (Å²) in [6, 6.07) is 0. The Morgan fingerprint density at radius 1 is 1.60 bits per heavy atom. The van der Waals surface area contributed by atoms with E-state index in [1.807, 2.05) is 6.92 Å². The zero-order valence-corrected chi connectivity index (χ0v) is 14.0. The first-order valence-corrected chi connectivity index (χ1v) is 8.14. The molecule has 0 unspecified atom stereocenters. The van der Waals surface area contributed by atoms with Gasteiger partial charge in [-0.25, -0.2) is 9.59 Å². The number of esters is 1. The van der Waals surface area contributed by atoms with Gasteiger partial charge < -0.3 is 25.4 Å².